The van der Waals surface area contributed by atoms with Crippen molar-refractivity contribution in [1.29, 1.82) is 0 Å². The lowest BCUT2D eigenvalue weighted by atomic mass is 10.0. The van der Waals surface area contributed by atoms with Gasteiger partial charge >= 0.3 is 6.18 Å². The van der Waals surface area contributed by atoms with E-state index in [9.17, 15) is 18.0 Å². The Morgan fingerprint density at radius 3 is 1.93 bits per heavy atom. The molecule has 0 atom stereocenters. The molecule has 0 aliphatic carbocycles. The molecule has 0 spiro atoms. The van der Waals surface area contributed by atoms with Crippen LogP contribution in [-0.2, 0) is 6.18 Å². The zero-order chi connectivity index (χ0) is 28.1. The van der Waals surface area contributed by atoms with Gasteiger partial charge in [0.05, 0.1) is 12.7 Å². The first kappa shape index (κ1) is 27.6. The zero-order valence-electron chi connectivity index (χ0n) is 21.3. The van der Waals surface area contributed by atoms with Crippen molar-refractivity contribution in [3.8, 4) is 16.9 Å². The number of ether oxygens (including phenoxy) is 1. The third-order valence-electron chi connectivity index (χ3n) is 6.16. The molecule has 0 saturated heterocycles. The molecule has 2 nitrogen and oxygen atoms in total. The van der Waals surface area contributed by atoms with Crippen molar-refractivity contribution in [2.75, 3.05) is 7.11 Å². The molecule has 0 radical (unpaired) electrons. The maximum Gasteiger partial charge on any atom is 0.416 e. The van der Waals surface area contributed by atoms with E-state index in [1.54, 1.807) is 7.11 Å². The highest BCUT2D eigenvalue weighted by Crippen LogP contribution is 2.40. The van der Waals surface area contributed by atoms with Gasteiger partial charge in [-0.1, -0.05) is 78.1 Å². The molecule has 5 aromatic carbocycles. The number of halogens is 3. The van der Waals surface area contributed by atoms with Gasteiger partial charge in [-0.25, -0.2) is 0 Å². The van der Waals surface area contributed by atoms with Crippen molar-refractivity contribution in [3.05, 3.63) is 138 Å². The molecule has 0 N–H and O–H groups in total. The van der Waals surface area contributed by atoms with E-state index < -0.39 is 11.7 Å². The van der Waals surface area contributed by atoms with Crippen LogP contribution >= 0.6 is 23.5 Å². The van der Waals surface area contributed by atoms with Crippen LogP contribution in [-0.4, -0.2) is 12.9 Å². The van der Waals surface area contributed by atoms with Gasteiger partial charge in [0.2, 0.25) is 0 Å². The summed E-state index contributed by atoms with van der Waals surface area (Å²) in [4.78, 5) is 16.6. The largest absolute Gasteiger partial charge is 0.497 e. The molecule has 0 saturated carbocycles. The molecule has 0 amide bonds. The Kier molecular flexibility index (Phi) is 8.33. The molecule has 5 aromatic rings. The lowest BCUT2D eigenvalue weighted by Crippen LogP contribution is -2.03. The predicted octanol–water partition coefficient (Wildman–Crippen LogP) is 9.91. The minimum Gasteiger partial charge on any atom is -0.497 e. The van der Waals surface area contributed by atoms with E-state index in [4.69, 9.17) is 4.74 Å². The van der Waals surface area contributed by atoms with Crippen LogP contribution < -0.4 is 4.74 Å². The van der Waals surface area contributed by atoms with E-state index in [0.717, 1.165) is 37.9 Å². The van der Waals surface area contributed by atoms with E-state index in [0.29, 0.717) is 21.8 Å². The van der Waals surface area contributed by atoms with Crippen molar-refractivity contribution < 1.29 is 22.7 Å². The van der Waals surface area contributed by atoms with Crippen molar-refractivity contribution in [1.82, 2.24) is 0 Å². The fourth-order valence-electron chi connectivity index (χ4n) is 4.11. The Balaban J connectivity index is 1.40. The number of benzene rings is 5. The van der Waals surface area contributed by atoms with Crippen molar-refractivity contribution in [2.24, 2.45) is 0 Å². The molecule has 0 heterocycles. The summed E-state index contributed by atoms with van der Waals surface area (Å²) in [6.45, 7) is 0. The molecule has 0 aliphatic rings. The van der Waals surface area contributed by atoms with Crippen LogP contribution in [0, 0.1) is 0 Å². The van der Waals surface area contributed by atoms with Gasteiger partial charge < -0.3 is 4.74 Å². The van der Waals surface area contributed by atoms with Gasteiger partial charge in [0, 0.05) is 30.7 Å². The second-order valence-electron chi connectivity index (χ2n) is 8.80. The van der Waals surface area contributed by atoms with E-state index in [1.165, 1.54) is 35.7 Å². The standard InChI is InChI=1S/C33H23F3O2S2/c1-38-25-15-20-31(40-27-18-13-24(14-19-27)33(34,35)36)29(21-25)22-11-16-26(17-12-22)39-30-10-6-5-9-28(30)32(37)23-7-3-2-4-8-23/h2-21H,1H3. The SMILES string of the molecule is COc1ccc(Sc2ccc(C(F)(F)F)cc2)c(-c2ccc(Sc3ccccc3C(=O)c3ccccc3)cc2)c1. The van der Waals surface area contributed by atoms with Gasteiger partial charge in [-0.2, -0.15) is 13.2 Å². The van der Waals surface area contributed by atoms with E-state index in [1.807, 2.05) is 97.1 Å². The van der Waals surface area contributed by atoms with Gasteiger partial charge in [0.1, 0.15) is 5.75 Å². The minimum atomic E-state index is -4.37. The van der Waals surface area contributed by atoms with Gasteiger partial charge in [-0.3, -0.25) is 4.79 Å². The maximum atomic E-state index is 13.1. The molecule has 0 aliphatic heterocycles. The first-order valence-corrected chi connectivity index (χ1v) is 14.0. The van der Waals surface area contributed by atoms with Gasteiger partial charge in [0.15, 0.2) is 5.78 Å². The number of carbonyl (C=O) groups is 1. The number of carbonyl (C=O) groups excluding carboxylic acids is 1. The normalized spacial score (nSPS) is 11.3. The summed E-state index contributed by atoms with van der Waals surface area (Å²) in [7, 11) is 1.59. The third kappa shape index (κ3) is 6.43. The topological polar surface area (TPSA) is 26.3 Å². The van der Waals surface area contributed by atoms with Crippen LogP contribution in [0.5, 0.6) is 5.75 Å². The van der Waals surface area contributed by atoms with Crippen LogP contribution in [0.25, 0.3) is 11.1 Å². The molecular formula is C33H23F3O2S2. The Morgan fingerprint density at radius 2 is 1.27 bits per heavy atom. The molecule has 0 aromatic heterocycles. The molecular weight excluding hydrogens is 549 g/mol. The molecule has 200 valence electrons. The summed E-state index contributed by atoms with van der Waals surface area (Å²) in [6, 6.07) is 35.6. The number of hydrogen-bond acceptors (Lipinski definition) is 4. The highest BCUT2D eigenvalue weighted by molar-refractivity contribution is 7.99. The third-order valence-corrected chi connectivity index (χ3v) is 8.32. The molecule has 5 rings (SSSR count). The summed E-state index contributed by atoms with van der Waals surface area (Å²) in [5, 5.41) is 0. The minimum absolute atomic E-state index is 0.0263. The number of hydrogen-bond donors (Lipinski definition) is 0. The second-order valence-corrected chi connectivity index (χ2v) is 11.0. The summed E-state index contributed by atoms with van der Waals surface area (Å²) < 4.78 is 44.4. The smallest absolute Gasteiger partial charge is 0.416 e. The molecule has 40 heavy (non-hydrogen) atoms. The number of rotatable bonds is 8. The Labute approximate surface area is 239 Å². The lowest BCUT2D eigenvalue weighted by molar-refractivity contribution is -0.137. The first-order valence-electron chi connectivity index (χ1n) is 12.3. The average molecular weight is 573 g/mol. The van der Waals surface area contributed by atoms with Crippen LogP contribution in [0.2, 0.25) is 0 Å². The second kappa shape index (κ2) is 12.1. The zero-order valence-corrected chi connectivity index (χ0v) is 22.9. The molecule has 7 heteroatoms. The van der Waals surface area contributed by atoms with Crippen LogP contribution in [0.3, 0.4) is 0 Å². The Bertz CT molecular complexity index is 1620. The molecule has 0 unspecified atom stereocenters. The van der Waals surface area contributed by atoms with E-state index in [2.05, 4.69) is 0 Å². The summed E-state index contributed by atoms with van der Waals surface area (Å²) in [5.41, 5.74) is 2.45. The quantitative estimate of drug-likeness (QED) is 0.173. The van der Waals surface area contributed by atoms with Gasteiger partial charge in [-0.05, 0) is 77.9 Å². The summed E-state index contributed by atoms with van der Waals surface area (Å²) in [6.07, 6.45) is -4.37. The highest BCUT2D eigenvalue weighted by Gasteiger charge is 2.30. The van der Waals surface area contributed by atoms with Crippen molar-refractivity contribution in [2.45, 2.75) is 25.8 Å². The van der Waals surface area contributed by atoms with Gasteiger partial charge in [0.25, 0.3) is 0 Å². The fraction of sp³-hybridized carbons (Fsp3) is 0.0606. The Hall–Kier alpha value is -3.94. The number of methoxy groups -OCH3 is 1. The summed E-state index contributed by atoms with van der Waals surface area (Å²) in [5.74, 6) is 0.653. The highest BCUT2D eigenvalue weighted by atomic mass is 32.2. The number of ketones is 1. The van der Waals surface area contributed by atoms with Crippen molar-refractivity contribution >= 4 is 29.3 Å². The fourth-order valence-corrected chi connectivity index (χ4v) is 6.00. The van der Waals surface area contributed by atoms with Crippen LogP contribution in [0.1, 0.15) is 21.5 Å². The molecule has 0 bridgehead atoms. The Morgan fingerprint density at radius 1 is 0.675 bits per heavy atom. The van der Waals surface area contributed by atoms with E-state index in [-0.39, 0.29) is 5.78 Å². The number of alkyl halides is 3. The average Bonchev–Trinajstić information content (AvgIpc) is 2.98. The van der Waals surface area contributed by atoms with Crippen molar-refractivity contribution in [3.63, 3.8) is 0 Å². The van der Waals surface area contributed by atoms with Crippen LogP contribution in [0.4, 0.5) is 13.2 Å². The van der Waals surface area contributed by atoms with E-state index >= 15 is 0 Å². The first-order chi connectivity index (χ1) is 19.3. The lowest BCUT2D eigenvalue weighted by Gasteiger charge is -2.13. The monoisotopic (exact) mass is 572 g/mol. The van der Waals surface area contributed by atoms with Gasteiger partial charge in [-0.15, -0.1) is 0 Å². The summed E-state index contributed by atoms with van der Waals surface area (Å²) >= 11 is 2.91. The maximum absolute atomic E-state index is 13.1. The molecule has 0 fully saturated rings. The predicted molar refractivity (Wildman–Crippen MR) is 154 cm³/mol. The van der Waals surface area contributed by atoms with Crippen LogP contribution in [0.15, 0.2) is 141 Å².